The maximum atomic E-state index is 12.9. The van der Waals surface area contributed by atoms with Crippen molar-refractivity contribution < 1.29 is 23.1 Å². The van der Waals surface area contributed by atoms with Gasteiger partial charge in [-0.05, 0) is 48.0 Å². The van der Waals surface area contributed by atoms with E-state index in [1.54, 1.807) is 36.4 Å². The van der Waals surface area contributed by atoms with E-state index in [0.717, 1.165) is 16.9 Å². The van der Waals surface area contributed by atoms with E-state index in [4.69, 9.17) is 25.5 Å². The highest BCUT2D eigenvalue weighted by Crippen LogP contribution is 2.35. The first-order valence-electron chi connectivity index (χ1n) is 8.40. The van der Waals surface area contributed by atoms with Crippen LogP contribution in [0, 0.1) is 5.82 Å². The maximum Gasteiger partial charge on any atom is 0.396 e. The van der Waals surface area contributed by atoms with Crippen LogP contribution in [-0.2, 0) is 4.79 Å². The van der Waals surface area contributed by atoms with E-state index in [0.29, 0.717) is 26.6 Å². The van der Waals surface area contributed by atoms with Gasteiger partial charge in [-0.1, -0.05) is 35.1 Å². The Bertz CT molecular complexity index is 1230. The third-order valence-corrected chi connectivity index (χ3v) is 4.99. The molecule has 4 aromatic rings. The minimum Gasteiger partial charge on any atom is -0.482 e. The first-order chi connectivity index (χ1) is 14.0. The quantitative estimate of drug-likeness (QED) is 0.317. The molecule has 0 saturated carbocycles. The zero-order valence-corrected chi connectivity index (χ0v) is 16.3. The average Bonchev–Trinajstić information content (AvgIpc) is 3.08. The number of carbonyl (C=O) groups excluding carboxylic acids is 1. The molecule has 5 nitrogen and oxygen atoms in total. The average molecular weight is 431 g/mol. The minimum absolute atomic E-state index is 0.243. The van der Waals surface area contributed by atoms with Crippen molar-refractivity contribution in [1.82, 2.24) is 0 Å². The number of ether oxygens (including phenoxy) is 2. The summed E-state index contributed by atoms with van der Waals surface area (Å²) in [6.45, 7) is -0.360. The van der Waals surface area contributed by atoms with E-state index < -0.39 is 16.7 Å². The lowest BCUT2D eigenvalue weighted by molar-refractivity contribution is -0.136. The molecule has 29 heavy (non-hydrogen) atoms. The van der Waals surface area contributed by atoms with Crippen molar-refractivity contribution in [1.29, 1.82) is 0 Å². The van der Waals surface area contributed by atoms with Crippen LogP contribution in [0.2, 0.25) is 5.02 Å². The van der Waals surface area contributed by atoms with Crippen LogP contribution in [0.4, 0.5) is 4.39 Å². The van der Waals surface area contributed by atoms with E-state index >= 15 is 0 Å². The highest BCUT2D eigenvalue weighted by Gasteiger charge is 2.15. The standard InChI is InChI=1S/C21H12ClFO5S/c22-13-3-1-12(2-4-13)17-9-16(10-18-20(17)28-21(25)29-18)27-19(24)11-26-15-7-5-14(23)6-8-15/h1-10H,11H2. The summed E-state index contributed by atoms with van der Waals surface area (Å²) < 4.78 is 29.4. The second kappa shape index (κ2) is 8.06. The largest absolute Gasteiger partial charge is 0.482 e. The van der Waals surface area contributed by atoms with Crippen LogP contribution in [-0.4, -0.2) is 12.6 Å². The summed E-state index contributed by atoms with van der Waals surface area (Å²) in [4.78, 5) is 23.4. The summed E-state index contributed by atoms with van der Waals surface area (Å²) in [5.74, 6) is -0.463. The van der Waals surface area contributed by atoms with Crippen molar-refractivity contribution in [2.75, 3.05) is 6.61 Å². The molecule has 0 saturated heterocycles. The first-order valence-corrected chi connectivity index (χ1v) is 9.60. The van der Waals surface area contributed by atoms with Gasteiger partial charge in [0.15, 0.2) is 12.2 Å². The Kier molecular flexibility index (Phi) is 5.33. The van der Waals surface area contributed by atoms with Crippen molar-refractivity contribution >= 4 is 39.2 Å². The first kappa shape index (κ1) is 19.2. The highest BCUT2D eigenvalue weighted by atomic mass is 35.5. The van der Waals surface area contributed by atoms with Gasteiger partial charge in [-0.3, -0.25) is 0 Å². The van der Waals surface area contributed by atoms with Gasteiger partial charge in [-0.25, -0.2) is 14.0 Å². The summed E-state index contributed by atoms with van der Waals surface area (Å²) in [6.07, 6.45) is 0. The van der Waals surface area contributed by atoms with Crippen LogP contribution in [0.3, 0.4) is 0 Å². The van der Waals surface area contributed by atoms with E-state index in [-0.39, 0.29) is 12.4 Å². The number of hydrogen-bond acceptors (Lipinski definition) is 6. The van der Waals surface area contributed by atoms with Crippen LogP contribution in [0.25, 0.3) is 21.4 Å². The van der Waals surface area contributed by atoms with E-state index in [9.17, 15) is 14.0 Å². The number of rotatable bonds is 5. The third kappa shape index (κ3) is 4.47. The molecule has 0 unspecified atom stereocenters. The smallest absolute Gasteiger partial charge is 0.396 e. The number of halogens is 2. The SMILES string of the molecule is O=C(COc1ccc(F)cc1)Oc1cc(-c2ccc(Cl)cc2)c2oc(=O)sc2c1. The highest BCUT2D eigenvalue weighted by molar-refractivity contribution is 7.16. The molecule has 146 valence electrons. The normalized spacial score (nSPS) is 10.8. The molecule has 8 heteroatoms. The molecule has 0 N–H and O–H groups in total. The number of carbonyl (C=O) groups is 1. The molecule has 0 bridgehead atoms. The summed E-state index contributed by atoms with van der Waals surface area (Å²) in [5.41, 5.74) is 1.76. The van der Waals surface area contributed by atoms with Gasteiger partial charge in [0.05, 0.1) is 4.70 Å². The predicted molar refractivity (Wildman–Crippen MR) is 108 cm³/mol. The minimum atomic E-state index is -0.647. The molecule has 1 heterocycles. The molecular formula is C21H12ClFO5S. The monoisotopic (exact) mass is 430 g/mol. The summed E-state index contributed by atoms with van der Waals surface area (Å²) in [5, 5.41) is 0.567. The number of fused-ring (bicyclic) bond motifs is 1. The van der Waals surface area contributed by atoms with Crippen LogP contribution >= 0.6 is 22.9 Å². The molecule has 3 aromatic carbocycles. The van der Waals surface area contributed by atoms with Gasteiger partial charge in [0.25, 0.3) is 0 Å². The van der Waals surface area contributed by atoms with Gasteiger partial charge in [-0.2, -0.15) is 0 Å². The second-order valence-corrected chi connectivity index (χ2v) is 7.39. The van der Waals surface area contributed by atoms with Crippen LogP contribution in [0.1, 0.15) is 0 Å². The van der Waals surface area contributed by atoms with Gasteiger partial charge in [-0.15, -0.1) is 0 Å². The molecule has 0 aliphatic carbocycles. The fraction of sp³-hybridized carbons (Fsp3) is 0.0476. The van der Waals surface area contributed by atoms with E-state index in [1.807, 2.05) is 0 Å². The topological polar surface area (TPSA) is 65.7 Å². The lowest BCUT2D eigenvalue weighted by atomic mass is 10.0. The number of benzene rings is 3. The second-order valence-electron chi connectivity index (χ2n) is 5.98. The predicted octanol–water partition coefficient (Wildman–Crippen LogP) is 5.30. The molecule has 0 radical (unpaired) electrons. The molecule has 0 aliphatic heterocycles. The zero-order chi connectivity index (χ0) is 20.4. The molecular weight excluding hydrogens is 419 g/mol. The molecule has 0 amide bonds. The van der Waals surface area contributed by atoms with Crippen molar-refractivity contribution in [2.45, 2.75) is 0 Å². The van der Waals surface area contributed by atoms with Gasteiger partial charge < -0.3 is 13.9 Å². The Morgan fingerprint density at radius 3 is 2.48 bits per heavy atom. The fourth-order valence-corrected chi connectivity index (χ4v) is 3.54. The summed E-state index contributed by atoms with van der Waals surface area (Å²) in [6, 6.07) is 15.4. The Labute approximate surface area is 172 Å². The third-order valence-electron chi connectivity index (χ3n) is 3.96. The van der Waals surface area contributed by atoms with E-state index in [1.165, 1.54) is 24.3 Å². The van der Waals surface area contributed by atoms with Crippen LogP contribution in [0.5, 0.6) is 11.5 Å². The number of esters is 1. The van der Waals surface area contributed by atoms with Gasteiger partial charge in [0.1, 0.15) is 17.3 Å². The van der Waals surface area contributed by atoms with Crippen molar-refractivity contribution in [3.8, 4) is 22.6 Å². The fourth-order valence-electron chi connectivity index (χ4n) is 2.69. The Hall–Kier alpha value is -3.16. The zero-order valence-electron chi connectivity index (χ0n) is 14.7. The maximum absolute atomic E-state index is 12.9. The number of hydrogen-bond donors (Lipinski definition) is 0. The molecule has 0 fully saturated rings. The Morgan fingerprint density at radius 2 is 1.76 bits per heavy atom. The molecule has 0 atom stereocenters. The molecule has 4 rings (SSSR count). The van der Waals surface area contributed by atoms with Crippen molar-refractivity contribution in [3.05, 3.63) is 81.2 Å². The molecule has 1 aromatic heterocycles. The van der Waals surface area contributed by atoms with Gasteiger partial charge in [0, 0.05) is 16.7 Å². The van der Waals surface area contributed by atoms with Crippen LogP contribution < -0.4 is 14.4 Å². The molecule has 0 spiro atoms. The van der Waals surface area contributed by atoms with Gasteiger partial charge in [0.2, 0.25) is 0 Å². The van der Waals surface area contributed by atoms with Crippen molar-refractivity contribution in [3.63, 3.8) is 0 Å². The Balaban J connectivity index is 1.58. The Morgan fingerprint density at radius 1 is 1.03 bits per heavy atom. The van der Waals surface area contributed by atoms with E-state index in [2.05, 4.69) is 0 Å². The molecule has 0 aliphatic rings. The lowest BCUT2D eigenvalue weighted by Crippen LogP contribution is -2.17. The van der Waals surface area contributed by atoms with Crippen LogP contribution in [0.15, 0.2) is 69.9 Å². The van der Waals surface area contributed by atoms with Gasteiger partial charge >= 0.3 is 10.9 Å². The lowest BCUT2D eigenvalue weighted by Gasteiger charge is -2.09. The summed E-state index contributed by atoms with van der Waals surface area (Å²) in [7, 11) is 0. The van der Waals surface area contributed by atoms with Crippen molar-refractivity contribution in [2.24, 2.45) is 0 Å². The summed E-state index contributed by atoms with van der Waals surface area (Å²) >= 11 is 6.85.